The van der Waals surface area contributed by atoms with Gasteiger partial charge in [0, 0.05) is 5.56 Å². The zero-order chi connectivity index (χ0) is 20.1. The molecule has 1 aliphatic heterocycles. The van der Waals surface area contributed by atoms with Gasteiger partial charge in [-0.25, -0.2) is 0 Å². The molecular formula is C23H20N2O4. The van der Waals surface area contributed by atoms with Crippen molar-refractivity contribution in [3.63, 3.8) is 0 Å². The Morgan fingerprint density at radius 2 is 1.52 bits per heavy atom. The van der Waals surface area contributed by atoms with Crippen LogP contribution < -0.4 is 20.3 Å². The minimum absolute atomic E-state index is 0.0727. The molecule has 6 nitrogen and oxygen atoms in total. The molecule has 29 heavy (non-hydrogen) atoms. The van der Waals surface area contributed by atoms with Crippen molar-refractivity contribution in [3.8, 4) is 11.5 Å². The number of rotatable bonds is 4. The maximum absolute atomic E-state index is 12.6. The van der Waals surface area contributed by atoms with Gasteiger partial charge in [-0.05, 0) is 35.7 Å². The molecule has 0 fully saturated rings. The molecular weight excluding hydrogens is 368 g/mol. The maximum atomic E-state index is 12.6. The van der Waals surface area contributed by atoms with Crippen LogP contribution in [0.1, 0.15) is 21.5 Å². The SMILES string of the molecule is O=C(NNC(=O)C1COc2ccccc2O1)c1ccccc1Cc1ccccc1. The van der Waals surface area contributed by atoms with Crippen LogP contribution in [0, 0.1) is 0 Å². The summed E-state index contributed by atoms with van der Waals surface area (Å²) in [6, 6.07) is 24.3. The summed E-state index contributed by atoms with van der Waals surface area (Å²) >= 11 is 0. The molecule has 0 aliphatic carbocycles. The van der Waals surface area contributed by atoms with Crippen LogP contribution >= 0.6 is 0 Å². The van der Waals surface area contributed by atoms with E-state index in [2.05, 4.69) is 10.9 Å². The number of carbonyl (C=O) groups excluding carboxylic acids is 2. The molecule has 2 amide bonds. The van der Waals surface area contributed by atoms with Crippen LogP contribution in [-0.2, 0) is 11.2 Å². The Balaban J connectivity index is 1.38. The number of ether oxygens (including phenoxy) is 2. The zero-order valence-electron chi connectivity index (χ0n) is 15.6. The highest BCUT2D eigenvalue weighted by Gasteiger charge is 2.27. The Bertz CT molecular complexity index is 1020. The van der Waals surface area contributed by atoms with Crippen LogP contribution in [0.25, 0.3) is 0 Å². The van der Waals surface area contributed by atoms with Gasteiger partial charge in [0.15, 0.2) is 11.5 Å². The van der Waals surface area contributed by atoms with Gasteiger partial charge in [-0.3, -0.25) is 20.4 Å². The predicted molar refractivity (Wildman–Crippen MR) is 108 cm³/mol. The van der Waals surface area contributed by atoms with Gasteiger partial charge < -0.3 is 9.47 Å². The predicted octanol–water partition coefficient (Wildman–Crippen LogP) is 2.88. The van der Waals surface area contributed by atoms with E-state index in [0.717, 1.165) is 11.1 Å². The van der Waals surface area contributed by atoms with E-state index in [0.29, 0.717) is 23.5 Å². The van der Waals surface area contributed by atoms with E-state index in [1.165, 1.54) is 0 Å². The van der Waals surface area contributed by atoms with E-state index < -0.39 is 12.0 Å². The van der Waals surface area contributed by atoms with Crippen molar-refractivity contribution < 1.29 is 19.1 Å². The summed E-state index contributed by atoms with van der Waals surface area (Å²) in [5.41, 5.74) is 7.38. The largest absolute Gasteiger partial charge is 0.485 e. The van der Waals surface area contributed by atoms with E-state index >= 15 is 0 Å². The summed E-state index contributed by atoms with van der Waals surface area (Å²) in [6.07, 6.45) is -0.223. The van der Waals surface area contributed by atoms with Gasteiger partial charge in [0.1, 0.15) is 6.61 Å². The molecule has 0 radical (unpaired) electrons. The van der Waals surface area contributed by atoms with Crippen molar-refractivity contribution in [2.75, 3.05) is 6.61 Å². The Kier molecular flexibility index (Phi) is 5.42. The minimum Gasteiger partial charge on any atom is -0.485 e. The molecule has 0 spiro atoms. The third-order valence-electron chi connectivity index (χ3n) is 4.60. The number of carbonyl (C=O) groups is 2. The van der Waals surface area contributed by atoms with Crippen LogP contribution in [0.15, 0.2) is 78.9 Å². The molecule has 2 N–H and O–H groups in total. The average Bonchev–Trinajstić information content (AvgIpc) is 2.78. The first-order chi connectivity index (χ1) is 14.2. The van der Waals surface area contributed by atoms with Crippen LogP contribution in [0.4, 0.5) is 0 Å². The first kappa shape index (κ1) is 18.6. The second-order valence-corrected chi connectivity index (χ2v) is 6.63. The molecule has 1 atom stereocenters. The Hall–Kier alpha value is -3.80. The van der Waals surface area contributed by atoms with E-state index in [1.54, 1.807) is 30.3 Å². The number of nitrogens with one attached hydrogen (secondary N) is 2. The molecule has 0 aromatic heterocycles. The van der Waals surface area contributed by atoms with Crippen molar-refractivity contribution in [2.45, 2.75) is 12.5 Å². The van der Waals surface area contributed by atoms with Crippen molar-refractivity contribution in [3.05, 3.63) is 95.6 Å². The van der Waals surface area contributed by atoms with Crippen molar-refractivity contribution >= 4 is 11.8 Å². The molecule has 3 aromatic rings. The molecule has 0 saturated carbocycles. The highest BCUT2D eigenvalue weighted by atomic mass is 16.6. The van der Waals surface area contributed by atoms with Crippen molar-refractivity contribution in [2.24, 2.45) is 0 Å². The van der Waals surface area contributed by atoms with Crippen molar-refractivity contribution in [1.82, 2.24) is 10.9 Å². The first-order valence-electron chi connectivity index (χ1n) is 9.31. The number of fused-ring (bicyclic) bond motifs is 1. The average molecular weight is 388 g/mol. The molecule has 1 aliphatic rings. The standard InChI is InChI=1S/C23H20N2O4/c26-22(18-11-5-4-10-17(18)14-16-8-2-1-3-9-16)24-25-23(27)21-15-28-19-12-6-7-13-20(19)29-21/h1-13,21H,14-15H2,(H,24,26)(H,25,27). The monoisotopic (exact) mass is 388 g/mol. The van der Waals surface area contributed by atoms with Crippen molar-refractivity contribution in [1.29, 1.82) is 0 Å². The number of hydrogen-bond acceptors (Lipinski definition) is 4. The van der Waals surface area contributed by atoms with Crippen LogP contribution in [0.3, 0.4) is 0 Å². The lowest BCUT2D eigenvalue weighted by atomic mass is 9.99. The smallest absolute Gasteiger partial charge is 0.283 e. The lowest BCUT2D eigenvalue weighted by molar-refractivity contribution is -0.131. The summed E-state index contributed by atoms with van der Waals surface area (Å²) in [7, 11) is 0. The normalized spacial score (nSPS) is 14.7. The Morgan fingerprint density at radius 3 is 2.34 bits per heavy atom. The minimum atomic E-state index is -0.843. The van der Waals surface area contributed by atoms with Gasteiger partial charge >= 0.3 is 0 Å². The Labute approximate surface area is 168 Å². The number of hydrogen-bond donors (Lipinski definition) is 2. The topological polar surface area (TPSA) is 76.7 Å². The molecule has 4 rings (SSSR count). The molecule has 0 bridgehead atoms. The van der Waals surface area contributed by atoms with E-state index in [9.17, 15) is 9.59 Å². The molecule has 6 heteroatoms. The highest BCUT2D eigenvalue weighted by molar-refractivity contribution is 5.97. The lowest BCUT2D eigenvalue weighted by Crippen LogP contribution is -2.51. The van der Waals surface area contributed by atoms with Gasteiger partial charge in [-0.1, -0.05) is 60.7 Å². The molecule has 0 saturated heterocycles. The third kappa shape index (κ3) is 4.38. The van der Waals surface area contributed by atoms with Gasteiger partial charge in [0.2, 0.25) is 6.10 Å². The van der Waals surface area contributed by atoms with Gasteiger partial charge in [-0.2, -0.15) is 0 Å². The highest BCUT2D eigenvalue weighted by Crippen LogP contribution is 2.30. The summed E-state index contributed by atoms with van der Waals surface area (Å²) < 4.78 is 11.2. The third-order valence-corrected chi connectivity index (χ3v) is 4.60. The number of benzene rings is 3. The fourth-order valence-corrected chi connectivity index (χ4v) is 3.13. The van der Waals surface area contributed by atoms with E-state index in [-0.39, 0.29) is 12.5 Å². The number of amides is 2. The van der Waals surface area contributed by atoms with Crippen LogP contribution in [-0.4, -0.2) is 24.5 Å². The van der Waals surface area contributed by atoms with E-state index in [4.69, 9.17) is 9.47 Å². The zero-order valence-corrected chi connectivity index (χ0v) is 15.6. The summed E-state index contributed by atoms with van der Waals surface area (Å²) in [6.45, 7) is 0.0727. The van der Waals surface area contributed by atoms with Gasteiger partial charge in [0.05, 0.1) is 0 Å². The molecule has 3 aromatic carbocycles. The second-order valence-electron chi connectivity index (χ2n) is 6.63. The second kappa shape index (κ2) is 8.48. The summed E-state index contributed by atoms with van der Waals surface area (Å²) in [4.78, 5) is 25.0. The fraction of sp³-hybridized carbons (Fsp3) is 0.130. The summed E-state index contributed by atoms with van der Waals surface area (Å²) in [5.74, 6) is 0.226. The number of para-hydroxylation sites is 2. The fourth-order valence-electron chi connectivity index (χ4n) is 3.13. The van der Waals surface area contributed by atoms with Gasteiger partial charge in [-0.15, -0.1) is 0 Å². The van der Waals surface area contributed by atoms with E-state index in [1.807, 2.05) is 48.5 Å². The molecule has 1 heterocycles. The first-order valence-corrected chi connectivity index (χ1v) is 9.31. The molecule has 146 valence electrons. The quantitative estimate of drug-likeness (QED) is 0.674. The lowest BCUT2D eigenvalue weighted by Gasteiger charge is -2.25. The van der Waals surface area contributed by atoms with Crippen LogP contribution in [0.5, 0.6) is 11.5 Å². The Morgan fingerprint density at radius 1 is 0.828 bits per heavy atom. The molecule has 1 unspecified atom stereocenters. The summed E-state index contributed by atoms with van der Waals surface area (Å²) in [5, 5.41) is 0. The van der Waals surface area contributed by atoms with Gasteiger partial charge in [0.25, 0.3) is 11.8 Å². The maximum Gasteiger partial charge on any atom is 0.283 e. The number of hydrazine groups is 1. The van der Waals surface area contributed by atoms with Crippen LogP contribution in [0.2, 0.25) is 0 Å².